The van der Waals surface area contributed by atoms with Gasteiger partial charge in [-0.05, 0) is 54.3 Å². The number of nitrogens with zero attached hydrogens (tertiary/aromatic N) is 3. The number of phenolic OH excluding ortho intramolecular Hbond substituents is 1. The molecule has 0 atom stereocenters. The lowest BCUT2D eigenvalue weighted by Gasteiger charge is -2.15. The van der Waals surface area contributed by atoms with E-state index in [9.17, 15) is 5.11 Å². The number of unbranched alkanes of at least 4 members (excludes halogenated alkanes) is 3. The van der Waals surface area contributed by atoms with Crippen LogP contribution in [0, 0.1) is 0 Å². The summed E-state index contributed by atoms with van der Waals surface area (Å²) >= 11 is 0. The second-order valence-electron chi connectivity index (χ2n) is 7.00. The summed E-state index contributed by atoms with van der Waals surface area (Å²) in [5.74, 6) is 1.89. The van der Waals surface area contributed by atoms with E-state index >= 15 is 0 Å². The van der Waals surface area contributed by atoms with Gasteiger partial charge in [0.1, 0.15) is 5.75 Å². The van der Waals surface area contributed by atoms with Crippen LogP contribution in [0.4, 0.5) is 0 Å². The molecule has 0 bridgehead atoms. The van der Waals surface area contributed by atoms with Crippen molar-refractivity contribution in [1.29, 1.82) is 0 Å². The van der Waals surface area contributed by atoms with Crippen LogP contribution in [0.1, 0.15) is 57.6 Å². The molecule has 1 heterocycles. The molecule has 0 aliphatic rings. The van der Waals surface area contributed by atoms with E-state index in [1.54, 1.807) is 31.6 Å². The van der Waals surface area contributed by atoms with E-state index in [1.165, 1.54) is 24.8 Å². The number of para-hydroxylation sites is 1. The molecular weight excluding hydrogens is 402 g/mol. The molecule has 1 N–H and O–H groups in total. The standard InChI is InChI=1S/C16H26O2.C7H8O.C3H3N3/c1-4-7-8-9-12-18-16-14(6-3)13(5-2)10-11-15(16)17;1-8-7-5-3-2-4-6-7;1-2-4-6-5-3-1/h10-11,17H,4-9,12H2,1-3H3;2-6H,1H3;1-3H. The molecule has 1 aromatic heterocycles. The highest BCUT2D eigenvalue weighted by atomic mass is 16.5. The highest BCUT2D eigenvalue weighted by Gasteiger charge is 2.11. The van der Waals surface area contributed by atoms with Crippen LogP contribution in [0.15, 0.2) is 60.9 Å². The Hall–Kier alpha value is -3.15. The van der Waals surface area contributed by atoms with Gasteiger partial charge in [0.15, 0.2) is 11.5 Å². The van der Waals surface area contributed by atoms with Gasteiger partial charge >= 0.3 is 0 Å². The van der Waals surface area contributed by atoms with E-state index in [0.29, 0.717) is 12.4 Å². The van der Waals surface area contributed by atoms with Crippen molar-refractivity contribution in [3.05, 3.63) is 72.1 Å². The van der Waals surface area contributed by atoms with Crippen LogP contribution in [-0.2, 0) is 12.8 Å². The van der Waals surface area contributed by atoms with Crippen molar-refractivity contribution < 1.29 is 14.6 Å². The highest BCUT2D eigenvalue weighted by Crippen LogP contribution is 2.33. The zero-order valence-corrected chi connectivity index (χ0v) is 19.8. The van der Waals surface area contributed by atoms with Gasteiger partial charge in [0, 0.05) is 5.56 Å². The Balaban J connectivity index is 0.000000296. The minimum absolute atomic E-state index is 0.277. The Labute approximate surface area is 192 Å². The molecule has 0 unspecified atom stereocenters. The number of hydrogen-bond donors (Lipinski definition) is 1. The lowest BCUT2D eigenvalue weighted by Crippen LogP contribution is -2.02. The maximum atomic E-state index is 9.92. The van der Waals surface area contributed by atoms with Crippen molar-refractivity contribution >= 4 is 0 Å². The van der Waals surface area contributed by atoms with Gasteiger partial charge in [-0.25, -0.2) is 0 Å². The van der Waals surface area contributed by atoms with E-state index < -0.39 is 0 Å². The number of hydrogen-bond acceptors (Lipinski definition) is 6. The third-order valence-corrected chi connectivity index (χ3v) is 4.70. The molecular formula is C26H37N3O3. The van der Waals surface area contributed by atoms with Gasteiger partial charge in [-0.2, -0.15) is 0 Å². The van der Waals surface area contributed by atoms with Gasteiger partial charge < -0.3 is 14.6 Å². The van der Waals surface area contributed by atoms with Gasteiger partial charge in [0.25, 0.3) is 0 Å². The Morgan fingerprint density at radius 2 is 1.53 bits per heavy atom. The lowest BCUT2D eigenvalue weighted by atomic mass is 10.0. The van der Waals surface area contributed by atoms with Gasteiger partial charge in [-0.1, -0.05) is 64.3 Å². The minimum Gasteiger partial charge on any atom is -0.504 e. The van der Waals surface area contributed by atoms with Crippen molar-refractivity contribution in [1.82, 2.24) is 15.4 Å². The van der Waals surface area contributed by atoms with Crippen LogP contribution in [0.25, 0.3) is 0 Å². The molecule has 174 valence electrons. The van der Waals surface area contributed by atoms with Gasteiger partial charge in [0.2, 0.25) is 0 Å². The zero-order chi connectivity index (χ0) is 23.4. The van der Waals surface area contributed by atoms with Gasteiger partial charge in [-0.3, -0.25) is 0 Å². The summed E-state index contributed by atoms with van der Waals surface area (Å²) in [5, 5.41) is 20.1. The van der Waals surface area contributed by atoms with E-state index in [4.69, 9.17) is 9.47 Å². The zero-order valence-electron chi connectivity index (χ0n) is 19.8. The number of rotatable bonds is 9. The van der Waals surface area contributed by atoms with Crippen LogP contribution < -0.4 is 9.47 Å². The number of aryl methyl sites for hydroxylation is 1. The van der Waals surface area contributed by atoms with Crippen molar-refractivity contribution in [2.24, 2.45) is 0 Å². The molecule has 0 saturated heterocycles. The fourth-order valence-corrected chi connectivity index (χ4v) is 3.00. The summed E-state index contributed by atoms with van der Waals surface area (Å²) < 4.78 is 10.7. The maximum Gasteiger partial charge on any atom is 0.164 e. The van der Waals surface area contributed by atoms with E-state index in [0.717, 1.165) is 30.6 Å². The molecule has 0 radical (unpaired) electrons. The number of benzene rings is 2. The molecule has 0 spiro atoms. The second-order valence-corrected chi connectivity index (χ2v) is 7.00. The summed E-state index contributed by atoms with van der Waals surface area (Å²) in [6, 6.07) is 15.1. The van der Waals surface area contributed by atoms with Gasteiger partial charge in [0.05, 0.1) is 26.1 Å². The molecule has 3 aromatic rings. The Kier molecular flexibility index (Phi) is 14.7. The van der Waals surface area contributed by atoms with Gasteiger partial charge in [-0.15, -0.1) is 10.2 Å². The molecule has 3 rings (SSSR count). The molecule has 0 aliphatic carbocycles. The number of ether oxygens (including phenoxy) is 2. The minimum atomic E-state index is 0.277. The summed E-state index contributed by atoms with van der Waals surface area (Å²) in [4.78, 5) is 0. The first-order chi connectivity index (χ1) is 15.7. The number of aromatic hydroxyl groups is 1. The van der Waals surface area contributed by atoms with Crippen molar-refractivity contribution in [3.63, 3.8) is 0 Å². The topological polar surface area (TPSA) is 77.4 Å². The van der Waals surface area contributed by atoms with Crippen molar-refractivity contribution in [2.45, 2.75) is 59.3 Å². The van der Waals surface area contributed by atoms with E-state index in [2.05, 4.69) is 36.2 Å². The largest absolute Gasteiger partial charge is 0.504 e. The van der Waals surface area contributed by atoms with Crippen LogP contribution in [-0.4, -0.2) is 34.2 Å². The van der Waals surface area contributed by atoms with Crippen LogP contribution in [0.5, 0.6) is 17.2 Å². The third-order valence-electron chi connectivity index (χ3n) is 4.70. The molecule has 0 fully saturated rings. The summed E-state index contributed by atoms with van der Waals surface area (Å²) in [5.41, 5.74) is 2.44. The average Bonchev–Trinajstić information content (AvgIpc) is 2.87. The quantitative estimate of drug-likeness (QED) is 0.409. The summed E-state index contributed by atoms with van der Waals surface area (Å²) in [6.45, 7) is 7.15. The second kappa shape index (κ2) is 17.5. The monoisotopic (exact) mass is 439 g/mol. The predicted molar refractivity (Wildman–Crippen MR) is 129 cm³/mol. The highest BCUT2D eigenvalue weighted by molar-refractivity contribution is 5.50. The summed E-state index contributed by atoms with van der Waals surface area (Å²) in [6.07, 6.45) is 9.79. The van der Waals surface area contributed by atoms with E-state index in [1.807, 2.05) is 36.4 Å². The van der Waals surface area contributed by atoms with E-state index in [-0.39, 0.29) is 5.75 Å². The molecule has 32 heavy (non-hydrogen) atoms. The maximum absolute atomic E-state index is 9.92. The molecule has 2 aromatic carbocycles. The van der Waals surface area contributed by atoms with Crippen molar-refractivity contribution in [3.8, 4) is 17.2 Å². The van der Waals surface area contributed by atoms with Crippen LogP contribution in [0.3, 0.4) is 0 Å². The molecule has 0 aliphatic heterocycles. The number of phenols is 1. The van der Waals surface area contributed by atoms with Crippen molar-refractivity contribution in [2.75, 3.05) is 13.7 Å². The lowest BCUT2D eigenvalue weighted by molar-refractivity contribution is 0.286. The molecule has 0 saturated carbocycles. The van der Waals surface area contributed by atoms with Crippen LogP contribution in [0.2, 0.25) is 0 Å². The fraction of sp³-hybridized carbons (Fsp3) is 0.423. The Morgan fingerprint density at radius 3 is 2.00 bits per heavy atom. The number of aromatic nitrogens is 3. The normalized spacial score (nSPS) is 9.62. The first-order valence-electron chi connectivity index (χ1n) is 11.3. The Bertz CT molecular complexity index is 804. The average molecular weight is 440 g/mol. The fourth-order valence-electron chi connectivity index (χ4n) is 3.00. The molecule has 6 heteroatoms. The first-order valence-corrected chi connectivity index (χ1v) is 11.3. The number of methoxy groups -OCH3 is 1. The van der Waals surface area contributed by atoms with Crippen LogP contribution >= 0.6 is 0 Å². The third kappa shape index (κ3) is 10.8. The predicted octanol–water partition coefficient (Wildman–Crippen LogP) is 6.04. The first kappa shape index (κ1) is 26.9. The smallest absolute Gasteiger partial charge is 0.164 e. The Morgan fingerprint density at radius 1 is 0.812 bits per heavy atom. The summed E-state index contributed by atoms with van der Waals surface area (Å²) in [7, 11) is 1.66. The molecule has 0 amide bonds. The molecule has 6 nitrogen and oxygen atoms in total. The SMILES string of the molecule is CCCCCCOc1c(O)ccc(CC)c1CC.COc1ccccc1.c1cnnnc1.